The first-order valence-electron chi connectivity index (χ1n) is 9.07. The smallest absolute Gasteiger partial charge is 0.188 e. The monoisotopic (exact) mass is 427 g/mol. The zero-order valence-corrected chi connectivity index (χ0v) is 17.0. The van der Waals surface area contributed by atoms with Gasteiger partial charge in [0.2, 0.25) is 0 Å². The third-order valence-corrected chi connectivity index (χ3v) is 5.42. The van der Waals surface area contributed by atoms with E-state index >= 15 is 0 Å². The molecule has 0 saturated carbocycles. The molecular formula is C25H18BrNO. The summed E-state index contributed by atoms with van der Waals surface area (Å²) in [7, 11) is 0. The van der Waals surface area contributed by atoms with Crippen LogP contribution in [0.2, 0.25) is 0 Å². The molecule has 0 fully saturated rings. The van der Waals surface area contributed by atoms with Gasteiger partial charge in [-0.1, -0.05) is 82.7 Å². The number of ketones is 1. The van der Waals surface area contributed by atoms with Gasteiger partial charge in [-0.2, -0.15) is 0 Å². The van der Waals surface area contributed by atoms with Crippen LogP contribution in [-0.2, 0) is 0 Å². The van der Waals surface area contributed by atoms with Gasteiger partial charge in [0, 0.05) is 21.1 Å². The van der Waals surface area contributed by atoms with E-state index in [0.29, 0.717) is 5.56 Å². The van der Waals surface area contributed by atoms with Crippen LogP contribution in [0.4, 0.5) is 0 Å². The molecule has 0 unspecified atom stereocenters. The minimum absolute atomic E-state index is 0.0506. The Labute approximate surface area is 172 Å². The first-order valence-corrected chi connectivity index (χ1v) is 9.86. The summed E-state index contributed by atoms with van der Waals surface area (Å²) >= 11 is 3.53. The van der Waals surface area contributed by atoms with Crippen LogP contribution in [0.25, 0.3) is 28.1 Å². The molecule has 1 heterocycles. The Morgan fingerprint density at radius 3 is 2.36 bits per heavy atom. The summed E-state index contributed by atoms with van der Waals surface area (Å²) in [5.41, 5.74) is 5.19. The van der Waals surface area contributed by atoms with Crippen LogP contribution in [0.15, 0.2) is 89.4 Å². The number of pyridine rings is 1. The first kappa shape index (κ1) is 18.3. The zero-order valence-electron chi connectivity index (χ0n) is 15.4. The van der Waals surface area contributed by atoms with E-state index in [1.807, 2.05) is 91.9 Å². The number of carbonyl (C=O) groups excluding carboxylic acids is 1. The van der Waals surface area contributed by atoms with Crippen molar-refractivity contribution < 1.29 is 4.79 Å². The van der Waals surface area contributed by atoms with E-state index in [-0.39, 0.29) is 5.78 Å². The lowest BCUT2D eigenvalue weighted by Crippen LogP contribution is -2.05. The first-order chi connectivity index (χ1) is 13.6. The van der Waals surface area contributed by atoms with Crippen LogP contribution < -0.4 is 0 Å². The second kappa shape index (κ2) is 7.91. The summed E-state index contributed by atoms with van der Waals surface area (Å²) in [6.07, 6.45) is 3.47. The van der Waals surface area contributed by atoms with Crippen LogP contribution in [0.3, 0.4) is 0 Å². The lowest BCUT2D eigenvalue weighted by atomic mass is 9.92. The molecule has 0 N–H and O–H groups in total. The summed E-state index contributed by atoms with van der Waals surface area (Å²) in [5.74, 6) is -0.0506. The number of halogens is 1. The van der Waals surface area contributed by atoms with E-state index in [1.54, 1.807) is 6.08 Å². The van der Waals surface area contributed by atoms with Crippen molar-refractivity contribution in [3.8, 4) is 11.1 Å². The van der Waals surface area contributed by atoms with Gasteiger partial charge in [-0.3, -0.25) is 9.78 Å². The fourth-order valence-electron chi connectivity index (χ4n) is 3.40. The summed E-state index contributed by atoms with van der Waals surface area (Å²) < 4.78 is 0.954. The van der Waals surface area contributed by atoms with Crippen molar-refractivity contribution >= 4 is 38.7 Å². The standard InChI is InChI=1S/C25H18BrNO/c1-17-24(23(28)16-15-18-9-5-7-13-21(18)26)25(19-10-3-2-4-11-19)20-12-6-8-14-22(20)27-17/h2-16H,1H3/b16-15+. The summed E-state index contributed by atoms with van der Waals surface area (Å²) in [4.78, 5) is 17.9. The molecule has 0 atom stereocenters. The average Bonchev–Trinajstić information content (AvgIpc) is 2.72. The number of para-hydroxylation sites is 1. The highest BCUT2D eigenvalue weighted by Gasteiger charge is 2.18. The maximum Gasteiger partial charge on any atom is 0.188 e. The van der Waals surface area contributed by atoms with Crippen molar-refractivity contribution in [2.24, 2.45) is 0 Å². The predicted molar refractivity (Wildman–Crippen MR) is 119 cm³/mol. The van der Waals surface area contributed by atoms with Gasteiger partial charge >= 0.3 is 0 Å². The molecule has 0 aliphatic carbocycles. The number of carbonyl (C=O) groups is 1. The number of aromatic nitrogens is 1. The maximum absolute atomic E-state index is 13.2. The molecule has 28 heavy (non-hydrogen) atoms. The van der Waals surface area contributed by atoms with Crippen molar-refractivity contribution in [1.82, 2.24) is 4.98 Å². The van der Waals surface area contributed by atoms with E-state index in [1.165, 1.54) is 0 Å². The lowest BCUT2D eigenvalue weighted by molar-refractivity contribution is 0.104. The molecule has 3 aromatic carbocycles. The number of rotatable bonds is 4. The Kier molecular flexibility index (Phi) is 5.18. The molecule has 0 aliphatic heterocycles. The number of hydrogen-bond acceptors (Lipinski definition) is 2. The molecule has 0 spiro atoms. The lowest BCUT2D eigenvalue weighted by Gasteiger charge is -2.14. The fourth-order valence-corrected chi connectivity index (χ4v) is 3.82. The van der Waals surface area contributed by atoms with Gasteiger partial charge in [-0.25, -0.2) is 0 Å². The number of aryl methyl sites for hydroxylation is 1. The summed E-state index contributed by atoms with van der Waals surface area (Å²) in [5, 5.41) is 0.983. The Hall–Kier alpha value is -3.04. The highest BCUT2D eigenvalue weighted by Crippen LogP contribution is 2.33. The number of hydrogen-bond donors (Lipinski definition) is 0. The van der Waals surface area contributed by atoms with Crippen molar-refractivity contribution in [2.75, 3.05) is 0 Å². The van der Waals surface area contributed by atoms with Crippen LogP contribution in [0.1, 0.15) is 21.6 Å². The molecule has 0 radical (unpaired) electrons. The number of allylic oxidation sites excluding steroid dienone is 1. The maximum atomic E-state index is 13.2. The van der Waals surface area contributed by atoms with Gasteiger partial charge in [0.1, 0.15) is 0 Å². The van der Waals surface area contributed by atoms with Crippen LogP contribution in [0, 0.1) is 6.92 Å². The Balaban J connectivity index is 1.90. The van der Waals surface area contributed by atoms with Crippen molar-refractivity contribution in [2.45, 2.75) is 6.92 Å². The molecule has 0 amide bonds. The van der Waals surface area contributed by atoms with Gasteiger partial charge in [0.25, 0.3) is 0 Å². The van der Waals surface area contributed by atoms with Gasteiger partial charge in [-0.15, -0.1) is 0 Å². The molecule has 4 rings (SSSR count). The third-order valence-electron chi connectivity index (χ3n) is 4.70. The van der Waals surface area contributed by atoms with E-state index < -0.39 is 0 Å². The predicted octanol–water partition coefficient (Wildman–Crippen LogP) is 6.87. The minimum Gasteiger partial charge on any atom is -0.289 e. The van der Waals surface area contributed by atoms with Crippen molar-refractivity contribution in [3.63, 3.8) is 0 Å². The molecule has 1 aromatic heterocycles. The second-order valence-corrected chi connectivity index (χ2v) is 7.40. The quantitative estimate of drug-likeness (QED) is 0.262. The summed E-state index contributed by atoms with van der Waals surface area (Å²) in [6.45, 7) is 1.90. The topological polar surface area (TPSA) is 30.0 Å². The van der Waals surface area contributed by atoms with E-state index in [2.05, 4.69) is 15.9 Å². The Morgan fingerprint density at radius 2 is 1.57 bits per heavy atom. The van der Waals surface area contributed by atoms with Gasteiger partial charge in [-0.05, 0) is 42.3 Å². The molecule has 0 bridgehead atoms. The fraction of sp³-hybridized carbons (Fsp3) is 0.0400. The van der Waals surface area contributed by atoms with Crippen molar-refractivity contribution in [3.05, 3.63) is 106 Å². The van der Waals surface area contributed by atoms with Crippen molar-refractivity contribution in [1.29, 1.82) is 0 Å². The van der Waals surface area contributed by atoms with Gasteiger partial charge in [0.15, 0.2) is 5.78 Å². The third kappa shape index (κ3) is 3.54. The number of fused-ring (bicyclic) bond motifs is 1. The zero-order chi connectivity index (χ0) is 19.5. The molecule has 0 aliphatic rings. The average molecular weight is 428 g/mol. The molecule has 136 valence electrons. The Morgan fingerprint density at radius 1 is 0.893 bits per heavy atom. The Bertz CT molecular complexity index is 1200. The SMILES string of the molecule is Cc1nc2ccccc2c(-c2ccccc2)c1C(=O)/C=C/c1ccccc1Br. The minimum atomic E-state index is -0.0506. The molecule has 3 heteroatoms. The second-order valence-electron chi connectivity index (χ2n) is 6.55. The summed E-state index contributed by atoms with van der Waals surface area (Å²) in [6, 6.07) is 25.8. The van der Waals surface area contributed by atoms with Gasteiger partial charge < -0.3 is 0 Å². The van der Waals surface area contributed by atoms with Gasteiger partial charge in [0.05, 0.1) is 11.1 Å². The van der Waals surface area contributed by atoms with E-state index in [4.69, 9.17) is 4.98 Å². The van der Waals surface area contributed by atoms with Crippen LogP contribution >= 0.6 is 15.9 Å². The number of benzene rings is 3. The number of nitrogens with zero attached hydrogens (tertiary/aromatic N) is 1. The van der Waals surface area contributed by atoms with E-state index in [0.717, 1.165) is 37.8 Å². The normalized spacial score (nSPS) is 11.2. The largest absolute Gasteiger partial charge is 0.289 e. The molecular weight excluding hydrogens is 410 g/mol. The highest BCUT2D eigenvalue weighted by atomic mass is 79.9. The highest BCUT2D eigenvalue weighted by molar-refractivity contribution is 9.10. The van der Waals surface area contributed by atoms with Crippen LogP contribution in [0.5, 0.6) is 0 Å². The molecule has 0 saturated heterocycles. The molecule has 4 aromatic rings. The molecule has 2 nitrogen and oxygen atoms in total. The van der Waals surface area contributed by atoms with E-state index in [9.17, 15) is 4.79 Å². The van der Waals surface area contributed by atoms with Crippen LogP contribution in [-0.4, -0.2) is 10.8 Å².